The van der Waals surface area contributed by atoms with Gasteiger partial charge in [-0.1, -0.05) is 36.4 Å². The van der Waals surface area contributed by atoms with Crippen molar-refractivity contribution in [2.75, 3.05) is 24.7 Å². The van der Waals surface area contributed by atoms with Crippen LogP contribution in [0.4, 0.5) is 15.8 Å². The van der Waals surface area contributed by atoms with E-state index in [-0.39, 0.29) is 5.91 Å². The Labute approximate surface area is 197 Å². The molecule has 172 valence electrons. The van der Waals surface area contributed by atoms with Crippen molar-refractivity contribution in [3.63, 3.8) is 0 Å². The molecule has 4 rings (SSSR count). The molecule has 1 heterocycles. The highest BCUT2D eigenvalue weighted by molar-refractivity contribution is 6.37. The van der Waals surface area contributed by atoms with Crippen molar-refractivity contribution in [3.8, 4) is 0 Å². The van der Waals surface area contributed by atoms with Gasteiger partial charge in [0, 0.05) is 23.9 Å². The lowest BCUT2D eigenvalue weighted by atomic mass is 9.99. The molecule has 0 radical (unpaired) electrons. The van der Waals surface area contributed by atoms with Gasteiger partial charge in [-0.2, -0.15) is 0 Å². The van der Waals surface area contributed by atoms with E-state index < -0.39 is 11.7 Å². The normalized spacial score (nSPS) is 14.3. The average Bonchev–Trinajstić information content (AvgIpc) is 3.11. The molecule has 4 N–H and O–H groups in total. The quantitative estimate of drug-likeness (QED) is 0.462. The average molecular weight is 457 g/mol. The van der Waals surface area contributed by atoms with E-state index >= 15 is 0 Å². The maximum absolute atomic E-state index is 13.8. The monoisotopic (exact) mass is 456 g/mol. The largest absolute Gasteiger partial charge is 0.366 e. The van der Waals surface area contributed by atoms with Gasteiger partial charge in [0.25, 0.3) is 5.91 Å². The molecule has 6 nitrogen and oxygen atoms in total. The number of hydrogen-bond donors (Lipinski definition) is 3. The molecule has 0 aliphatic carbocycles. The van der Waals surface area contributed by atoms with Crippen molar-refractivity contribution in [1.82, 2.24) is 4.90 Å². The summed E-state index contributed by atoms with van der Waals surface area (Å²) in [5, 5.41) is 6.15. The number of anilines is 2. The molecule has 0 bridgehead atoms. The van der Waals surface area contributed by atoms with Crippen LogP contribution in [0.5, 0.6) is 0 Å². The minimum absolute atomic E-state index is 0.315. The lowest BCUT2D eigenvalue weighted by molar-refractivity contribution is -0.113. The van der Waals surface area contributed by atoms with Crippen molar-refractivity contribution >= 4 is 40.5 Å². The zero-order chi connectivity index (χ0) is 24.2. The third-order valence-corrected chi connectivity index (χ3v) is 5.34. The summed E-state index contributed by atoms with van der Waals surface area (Å²) in [6.45, 7) is 0.815. The Hall–Kier alpha value is -4.23. The van der Waals surface area contributed by atoms with Gasteiger partial charge in [-0.25, -0.2) is 4.39 Å². The number of amides is 2. The predicted octanol–water partition coefficient (Wildman–Crippen LogP) is 4.32. The van der Waals surface area contributed by atoms with Gasteiger partial charge in [-0.15, -0.1) is 0 Å². The summed E-state index contributed by atoms with van der Waals surface area (Å²) in [5.41, 5.74) is 10.8. The number of primary amides is 1. The van der Waals surface area contributed by atoms with Gasteiger partial charge in [0.05, 0.1) is 17.0 Å². The Balaban J connectivity index is 1.77. The van der Waals surface area contributed by atoms with E-state index in [1.165, 1.54) is 18.2 Å². The van der Waals surface area contributed by atoms with Crippen LogP contribution in [0.15, 0.2) is 72.8 Å². The molecule has 3 aromatic carbocycles. The highest BCUT2D eigenvalue weighted by atomic mass is 19.1. The molecule has 34 heavy (non-hydrogen) atoms. The third-order valence-electron chi connectivity index (χ3n) is 5.34. The fraction of sp³-hybridized carbons (Fsp3) is 0.111. The molecule has 0 unspecified atom stereocenters. The number of rotatable bonds is 7. The summed E-state index contributed by atoms with van der Waals surface area (Å²) in [4.78, 5) is 26.1. The van der Waals surface area contributed by atoms with Crippen molar-refractivity contribution in [2.24, 2.45) is 5.73 Å². The highest BCUT2D eigenvalue weighted by Gasteiger charge is 2.28. The molecular weight excluding hydrogens is 431 g/mol. The van der Waals surface area contributed by atoms with Gasteiger partial charge in [-0.3, -0.25) is 9.59 Å². The van der Waals surface area contributed by atoms with E-state index in [0.717, 1.165) is 28.9 Å². The Morgan fingerprint density at radius 1 is 1.06 bits per heavy atom. The van der Waals surface area contributed by atoms with Crippen molar-refractivity contribution < 1.29 is 14.0 Å². The number of nitrogens with zero attached hydrogens (tertiary/aromatic N) is 1. The van der Waals surface area contributed by atoms with Gasteiger partial charge in [0.2, 0.25) is 5.91 Å². The van der Waals surface area contributed by atoms with Crippen molar-refractivity contribution in [1.29, 1.82) is 0 Å². The molecule has 2 amide bonds. The second-order valence-corrected chi connectivity index (χ2v) is 8.31. The molecule has 7 heteroatoms. The summed E-state index contributed by atoms with van der Waals surface area (Å²) in [7, 11) is 4.02. The van der Waals surface area contributed by atoms with E-state index in [2.05, 4.69) is 15.5 Å². The number of hydrogen-bond acceptors (Lipinski definition) is 4. The van der Waals surface area contributed by atoms with Crippen LogP contribution in [-0.4, -0.2) is 30.8 Å². The zero-order valence-electron chi connectivity index (χ0n) is 18.9. The number of carbonyl (C=O) groups is 2. The molecular formula is C27H25FN4O2. The fourth-order valence-electron chi connectivity index (χ4n) is 3.81. The molecule has 0 atom stereocenters. The molecule has 0 saturated carbocycles. The maximum atomic E-state index is 13.8. The second kappa shape index (κ2) is 9.72. The fourth-order valence-corrected chi connectivity index (χ4v) is 3.81. The second-order valence-electron chi connectivity index (χ2n) is 8.31. The Morgan fingerprint density at radius 3 is 2.41 bits per heavy atom. The number of halogens is 1. The molecule has 0 saturated heterocycles. The number of benzene rings is 3. The zero-order valence-corrected chi connectivity index (χ0v) is 18.9. The van der Waals surface area contributed by atoms with Crippen LogP contribution in [-0.2, 0) is 16.1 Å². The van der Waals surface area contributed by atoms with Gasteiger partial charge in [-0.05, 0) is 67.2 Å². The first-order valence-electron chi connectivity index (χ1n) is 10.7. The van der Waals surface area contributed by atoms with E-state index in [9.17, 15) is 14.0 Å². The van der Waals surface area contributed by atoms with Crippen LogP contribution < -0.4 is 16.4 Å². The van der Waals surface area contributed by atoms with Gasteiger partial charge in [0.1, 0.15) is 5.82 Å². The lowest BCUT2D eigenvalue weighted by Gasteiger charge is -2.16. The smallest absolute Gasteiger partial charge is 0.258 e. The Morgan fingerprint density at radius 2 is 1.76 bits per heavy atom. The maximum Gasteiger partial charge on any atom is 0.258 e. The van der Waals surface area contributed by atoms with Crippen LogP contribution >= 0.6 is 0 Å². The van der Waals surface area contributed by atoms with E-state index in [0.29, 0.717) is 22.5 Å². The van der Waals surface area contributed by atoms with Crippen LogP contribution in [0, 0.1) is 5.82 Å². The van der Waals surface area contributed by atoms with Gasteiger partial charge < -0.3 is 21.3 Å². The standard InChI is InChI=1S/C27H25FN4O2/c1-32(2)16-18-5-11-21(12-6-18)30-26(19-8-3-17(4-9-19)7-14-24(29)33)25-22-13-10-20(28)15-23(22)31-27(25)34/h3-15,30H,16H2,1-2H3,(H2,29,33)(H,31,34). The predicted molar refractivity (Wildman–Crippen MR) is 134 cm³/mol. The summed E-state index contributed by atoms with van der Waals surface area (Å²) in [6, 6.07) is 19.6. The summed E-state index contributed by atoms with van der Waals surface area (Å²) in [5.74, 6) is -1.26. The number of carbonyl (C=O) groups excluding carboxylic acids is 2. The number of nitrogens with one attached hydrogen (secondary N) is 2. The van der Waals surface area contributed by atoms with E-state index in [4.69, 9.17) is 5.73 Å². The molecule has 0 fully saturated rings. The van der Waals surface area contributed by atoms with Crippen LogP contribution in [0.25, 0.3) is 17.3 Å². The van der Waals surface area contributed by atoms with Crippen molar-refractivity contribution in [2.45, 2.75) is 6.54 Å². The molecule has 1 aliphatic rings. The molecule has 3 aromatic rings. The molecule has 0 aromatic heterocycles. The van der Waals surface area contributed by atoms with Crippen LogP contribution in [0.1, 0.15) is 22.3 Å². The minimum Gasteiger partial charge on any atom is -0.366 e. The van der Waals surface area contributed by atoms with E-state index in [1.54, 1.807) is 12.1 Å². The van der Waals surface area contributed by atoms with Gasteiger partial charge in [0.15, 0.2) is 0 Å². The number of nitrogens with two attached hydrogens (primary N) is 1. The third kappa shape index (κ3) is 5.22. The first-order chi connectivity index (χ1) is 16.3. The summed E-state index contributed by atoms with van der Waals surface area (Å²) >= 11 is 0. The lowest BCUT2D eigenvalue weighted by Crippen LogP contribution is -2.11. The molecule has 1 aliphatic heterocycles. The summed E-state index contributed by atoms with van der Waals surface area (Å²) < 4.78 is 13.8. The van der Waals surface area contributed by atoms with Crippen LogP contribution in [0.3, 0.4) is 0 Å². The Bertz CT molecular complexity index is 1290. The van der Waals surface area contributed by atoms with Gasteiger partial charge >= 0.3 is 0 Å². The molecule has 0 spiro atoms. The topological polar surface area (TPSA) is 87.5 Å². The number of fused-ring (bicyclic) bond motifs is 1. The SMILES string of the molecule is CN(C)Cc1ccc(NC(=C2C(=O)Nc3cc(F)ccc32)c2ccc(C=CC(N)=O)cc2)cc1. The van der Waals surface area contributed by atoms with Crippen LogP contribution in [0.2, 0.25) is 0 Å². The highest BCUT2D eigenvalue weighted by Crippen LogP contribution is 2.38. The summed E-state index contributed by atoms with van der Waals surface area (Å²) in [6.07, 6.45) is 2.91. The minimum atomic E-state index is -0.530. The van der Waals surface area contributed by atoms with Crippen molar-refractivity contribution in [3.05, 3.63) is 101 Å². The first-order valence-corrected chi connectivity index (χ1v) is 10.7. The first kappa shape index (κ1) is 22.9. The van der Waals surface area contributed by atoms with E-state index in [1.807, 2.05) is 62.6 Å². The Kier molecular flexibility index (Phi) is 6.56.